The topological polar surface area (TPSA) is 18.5 Å². The molecule has 0 aromatic rings. The average Bonchev–Trinajstić information content (AvgIpc) is 2.19. The summed E-state index contributed by atoms with van der Waals surface area (Å²) in [6.07, 6.45) is 2.24. The van der Waals surface area contributed by atoms with Crippen LogP contribution in [0, 0.1) is 5.92 Å². The molecule has 0 amide bonds. The van der Waals surface area contributed by atoms with Gasteiger partial charge in [-0.15, -0.1) is 11.6 Å². The molecule has 0 aromatic carbocycles. The van der Waals surface area contributed by atoms with Crippen LogP contribution in [0.1, 0.15) is 12.8 Å². The lowest BCUT2D eigenvalue weighted by Gasteiger charge is -2.21. The van der Waals surface area contributed by atoms with E-state index in [-0.39, 0.29) is 0 Å². The molecular weight excluding hydrogens is 188 g/mol. The van der Waals surface area contributed by atoms with Gasteiger partial charge in [0.1, 0.15) is 0 Å². The molecule has 1 aliphatic heterocycles. The molecule has 0 bridgehead atoms. The summed E-state index contributed by atoms with van der Waals surface area (Å²) in [4.78, 5) is 0. The summed E-state index contributed by atoms with van der Waals surface area (Å²) in [5.74, 6) is 1.16. The molecule has 0 saturated carbocycles. The second-order valence-corrected chi connectivity index (χ2v) is 3.72. The van der Waals surface area contributed by atoms with Crippen LogP contribution >= 0.6 is 11.6 Å². The van der Waals surface area contributed by atoms with Gasteiger partial charge in [-0.05, 0) is 24.3 Å². The number of ether oxygens (including phenoxy) is 2. The number of alkyl halides is 1. The van der Waals surface area contributed by atoms with Crippen LogP contribution in [0.2, 0.25) is 0 Å². The van der Waals surface area contributed by atoms with E-state index in [2.05, 4.69) is 6.58 Å². The van der Waals surface area contributed by atoms with Crippen molar-refractivity contribution in [2.75, 3.05) is 32.3 Å². The van der Waals surface area contributed by atoms with Gasteiger partial charge in [-0.3, -0.25) is 0 Å². The minimum absolute atomic E-state index is 0.494. The first-order valence-electron chi connectivity index (χ1n) is 4.71. The second kappa shape index (κ2) is 6.41. The molecule has 1 fully saturated rings. The lowest BCUT2D eigenvalue weighted by atomic mass is 10.0. The van der Waals surface area contributed by atoms with Crippen molar-refractivity contribution >= 4 is 11.6 Å². The largest absolute Gasteiger partial charge is 0.381 e. The number of halogens is 1. The molecule has 0 atom stereocenters. The smallest absolute Gasteiger partial charge is 0.0685 e. The highest BCUT2D eigenvalue weighted by molar-refractivity contribution is 6.19. The van der Waals surface area contributed by atoms with Gasteiger partial charge in [0, 0.05) is 25.7 Å². The molecule has 1 rings (SSSR count). The fraction of sp³-hybridized carbons (Fsp3) is 0.800. The normalized spacial score (nSPS) is 18.8. The van der Waals surface area contributed by atoms with Crippen molar-refractivity contribution in [3.05, 3.63) is 12.2 Å². The molecule has 0 aromatic heterocycles. The van der Waals surface area contributed by atoms with Crippen LogP contribution in [0.4, 0.5) is 0 Å². The van der Waals surface area contributed by atoms with Gasteiger partial charge in [0.25, 0.3) is 0 Å². The Morgan fingerprint density at radius 2 is 2.15 bits per heavy atom. The molecule has 2 nitrogen and oxygen atoms in total. The Morgan fingerprint density at radius 1 is 1.46 bits per heavy atom. The minimum Gasteiger partial charge on any atom is -0.381 e. The molecule has 0 aliphatic carbocycles. The van der Waals surface area contributed by atoms with E-state index < -0.39 is 0 Å². The zero-order chi connectivity index (χ0) is 9.52. The van der Waals surface area contributed by atoms with Gasteiger partial charge in [-0.1, -0.05) is 6.58 Å². The van der Waals surface area contributed by atoms with Crippen LogP contribution in [0.15, 0.2) is 12.2 Å². The van der Waals surface area contributed by atoms with Gasteiger partial charge in [0.05, 0.1) is 6.61 Å². The maximum absolute atomic E-state index is 5.57. The Kier molecular flexibility index (Phi) is 5.44. The molecular formula is C10H17ClO2. The Hall–Kier alpha value is -0.0500. The van der Waals surface area contributed by atoms with Crippen molar-refractivity contribution in [1.82, 2.24) is 0 Å². The quantitative estimate of drug-likeness (QED) is 0.505. The van der Waals surface area contributed by atoms with Crippen LogP contribution in [0.25, 0.3) is 0 Å². The predicted molar refractivity (Wildman–Crippen MR) is 54.2 cm³/mol. The van der Waals surface area contributed by atoms with E-state index in [4.69, 9.17) is 21.1 Å². The minimum atomic E-state index is 0.494. The molecule has 1 aliphatic rings. The van der Waals surface area contributed by atoms with Crippen LogP contribution in [0.5, 0.6) is 0 Å². The molecule has 0 N–H and O–H groups in total. The zero-order valence-electron chi connectivity index (χ0n) is 7.93. The molecule has 0 unspecified atom stereocenters. The van der Waals surface area contributed by atoms with Gasteiger partial charge in [0.2, 0.25) is 0 Å². The first-order valence-corrected chi connectivity index (χ1v) is 5.24. The highest BCUT2D eigenvalue weighted by Crippen LogP contribution is 2.14. The van der Waals surface area contributed by atoms with Crippen molar-refractivity contribution in [2.24, 2.45) is 5.92 Å². The summed E-state index contributed by atoms with van der Waals surface area (Å²) in [6.45, 7) is 6.95. The van der Waals surface area contributed by atoms with Crippen LogP contribution < -0.4 is 0 Å². The highest BCUT2D eigenvalue weighted by Gasteiger charge is 2.13. The lowest BCUT2D eigenvalue weighted by molar-refractivity contribution is 0.0260. The third-order valence-electron chi connectivity index (χ3n) is 2.19. The van der Waals surface area contributed by atoms with Crippen molar-refractivity contribution in [3.8, 4) is 0 Å². The fourth-order valence-electron chi connectivity index (χ4n) is 1.32. The van der Waals surface area contributed by atoms with Crippen molar-refractivity contribution in [3.63, 3.8) is 0 Å². The maximum atomic E-state index is 5.57. The SMILES string of the molecule is C=C(CCl)COCC1CCOCC1. The third kappa shape index (κ3) is 4.65. The maximum Gasteiger partial charge on any atom is 0.0685 e. The van der Waals surface area contributed by atoms with E-state index in [9.17, 15) is 0 Å². The highest BCUT2D eigenvalue weighted by atomic mass is 35.5. The van der Waals surface area contributed by atoms with Crippen LogP contribution in [-0.4, -0.2) is 32.3 Å². The average molecular weight is 205 g/mol. The van der Waals surface area contributed by atoms with E-state index in [1.807, 2.05) is 0 Å². The van der Waals surface area contributed by atoms with Crippen molar-refractivity contribution in [1.29, 1.82) is 0 Å². The van der Waals surface area contributed by atoms with E-state index in [0.717, 1.165) is 38.2 Å². The van der Waals surface area contributed by atoms with Gasteiger partial charge in [-0.2, -0.15) is 0 Å². The summed E-state index contributed by atoms with van der Waals surface area (Å²) in [6, 6.07) is 0. The molecule has 1 saturated heterocycles. The summed E-state index contributed by atoms with van der Waals surface area (Å²) >= 11 is 5.57. The third-order valence-corrected chi connectivity index (χ3v) is 2.57. The van der Waals surface area contributed by atoms with Crippen molar-refractivity contribution in [2.45, 2.75) is 12.8 Å². The second-order valence-electron chi connectivity index (χ2n) is 3.45. The Bertz CT molecular complexity index is 153. The standard InChI is InChI=1S/C10H17ClO2/c1-9(6-11)7-13-8-10-2-4-12-5-3-10/h10H,1-8H2. The van der Waals surface area contributed by atoms with Crippen molar-refractivity contribution < 1.29 is 9.47 Å². The molecule has 3 heteroatoms. The summed E-state index contributed by atoms with van der Waals surface area (Å²) in [5.41, 5.74) is 0.953. The van der Waals surface area contributed by atoms with E-state index in [0.29, 0.717) is 18.4 Å². The van der Waals surface area contributed by atoms with Crippen LogP contribution in [-0.2, 0) is 9.47 Å². The van der Waals surface area contributed by atoms with E-state index in [1.165, 1.54) is 0 Å². The first kappa shape index (κ1) is 11.0. The fourth-order valence-corrected chi connectivity index (χ4v) is 1.40. The van der Waals surface area contributed by atoms with Gasteiger partial charge in [0.15, 0.2) is 0 Å². The predicted octanol–water partition coefficient (Wildman–Crippen LogP) is 2.22. The van der Waals surface area contributed by atoms with Gasteiger partial charge < -0.3 is 9.47 Å². The van der Waals surface area contributed by atoms with E-state index in [1.54, 1.807) is 0 Å². The summed E-state index contributed by atoms with van der Waals surface area (Å²) in [7, 11) is 0. The van der Waals surface area contributed by atoms with Crippen LogP contribution in [0.3, 0.4) is 0 Å². The zero-order valence-corrected chi connectivity index (χ0v) is 8.68. The van der Waals surface area contributed by atoms with Gasteiger partial charge in [-0.25, -0.2) is 0 Å². The summed E-state index contributed by atoms with van der Waals surface area (Å²) < 4.78 is 10.7. The number of hydrogen-bond acceptors (Lipinski definition) is 2. The Balaban J connectivity index is 2.01. The number of rotatable bonds is 5. The molecule has 13 heavy (non-hydrogen) atoms. The molecule has 1 heterocycles. The lowest BCUT2D eigenvalue weighted by Crippen LogP contribution is -2.20. The Morgan fingerprint density at radius 3 is 2.77 bits per heavy atom. The molecule has 0 spiro atoms. The van der Waals surface area contributed by atoms with E-state index >= 15 is 0 Å². The monoisotopic (exact) mass is 204 g/mol. The van der Waals surface area contributed by atoms with Gasteiger partial charge >= 0.3 is 0 Å². The summed E-state index contributed by atoms with van der Waals surface area (Å²) in [5, 5.41) is 0. The number of hydrogen-bond donors (Lipinski definition) is 0. The Labute approximate surface area is 84.9 Å². The molecule has 0 radical (unpaired) electrons. The molecule has 76 valence electrons. The first-order chi connectivity index (χ1) is 6.33.